The summed E-state index contributed by atoms with van der Waals surface area (Å²) in [7, 11) is 1.82. The molecule has 9 nitrogen and oxygen atoms in total. The van der Waals surface area contributed by atoms with Crippen molar-refractivity contribution in [2.45, 2.75) is 26.3 Å². The number of nitrogens with one attached hydrogen (secondary N) is 1. The van der Waals surface area contributed by atoms with Crippen molar-refractivity contribution in [1.82, 2.24) is 19.9 Å². The van der Waals surface area contributed by atoms with E-state index < -0.39 is 18.5 Å². The molecule has 1 amide bonds. The lowest BCUT2D eigenvalue weighted by Crippen LogP contribution is -2.35. The molecule has 9 heteroatoms. The van der Waals surface area contributed by atoms with E-state index in [0.29, 0.717) is 35.9 Å². The number of hydrogen-bond acceptors (Lipinski definition) is 7. The van der Waals surface area contributed by atoms with Gasteiger partial charge in [-0.3, -0.25) is 4.79 Å². The third-order valence-electron chi connectivity index (χ3n) is 5.24. The summed E-state index contributed by atoms with van der Waals surface area (Å²) in [6.07, 6.45) is 3.85. The lowest BCUT2D eigenvalue weighted by atomic mass is 9.95. The number of fused-ring (bicyclic) bond motifs is 2. The first-order valence-electron chi connectivity index (χ1n) is 10.6. The van der Waals surface area contributed by atoms with Gasteiger partial charge in [0.05, 0.1) is 31.1 Å². The number of aromatic nitrogens is 3. The largest absolute Gasteiger partial charge is 0.490 e. The highest BCUT2D eigenvalue weighted by atomic mass is 16.5. The molecule has 0 aliphatic carbocycles. The van der Waals surface area contributed by atoms with Gasteiger partial charge < -0.3 is 24.1 Å². The van der Waals surface area contributed by atoms with Crippen LogP contribution >= 0.6 is 0 Å². The van der Waals surface area contributed by atoms with Gasteiger partial charge in [-0.25, -0.2) is 14.8 Å². The second-order valence-electron chi connectivity index (χ2n) is 8.04. The Morgan fingerprint density at radius 1 is 1.16 bits per heavy atom. The molecule has 32 heavy (non-hydrogen) atoms. The van der Waals surface area contributed by atoms with Crippen LogP contribution in [0.2, 0.25) is 0 Å². The molecule has 0 bridgehead atoms. The molecule has 1 atom stereocenters. The van der Waals surface area contributed by atoms with Crippen LogP contribution in [0.4, 0.5) is 0 Å². The Kier molecular flexibility index (Phi) is 6.25. The van der Waals surface area contributed by atoms with Crippen molar-refractivity contribution >= 4 is 23.0 Å². The van der Waals surface area contributed by atoms with Gasteiger partial charge in [-0.2, -0.15) is 0 Å². The first-order chi connectivity index (χ1) is 15.4. The van der Waals surface area contributed by atoms with E-state index >= 15 is 0 Å². The highest BCUT2D eigenvalue weighted by Crippen LogP contribution is 2.34. The van der Waals surface area contributed by atoms with Crippen molar-refractivity contribution in [2.24, 2.45) is 13.0 Å². The average molecular weight is 438 g/mol. The summed E-state index contributed by atoms with van der Waals surface area (Å²) < 4.78 is 18.4. The molecule has 1 aromatic carbocycles. The van der Waals surface area contributed by atoms with Crippen LogP contribution in [-0.4, -0.2) is 46.2 Å². The molecule has 4 rings (SSSR count). The Labute approximate surface area is 185 Å². The Hall–Kier alpha value is -3.62. The smallest absolute Gasteiger partial charge is 0.340 e. The van der Waals surface area contributed by atoms with Crippen molar-refractivity contribution in [3.63, 3.8) is 0 Å². The zero-order chi connectivity index (χ0) is 22.7. The van der Waals surface area contributed by atoms with Crippen LogP contribution < -0.4 is 14.8 Å². The van der Waals surface area contributed by atoms with Gasteiger partial charge in [0.2, 0.25) is 0 Å². The van der Waals surface area contributed by atoms with Gasteiger partial charge in [0.1, 0.15) is 5.52 Å². The molecule has 0 fully saturated rings. The van der Waals surface area contributed by atoms with Gasteiger partial charge in [0.15, 0.2) is 23.8 Å². The Bertz CT molecular complexity index is 1140. The minimum absolute atomic E-state index is 0.107. The molecule has 1 aliphatic heterocycles. The number of ether oxygens (including phenoxy) is 3. The van der Waals surface area contributed by atoms with Crippen molar-refractivity contribution in [2.75, 3.05) is 19.8 Å². The second-order valence-corrected chi connectivity index (χ2v) is 8.04. The number of benzene rings is 1. The summed E-state index contributed by atoms with van der Waals surface area (Å²) >= 11 is 0. The van der Waals surface area contributed by atoms with Gasteiger partial charge in [0.25, 0.3) is 5.91 Å². The molecule has 0 saturated heterocycles. The molecule has 0 saturated carbocycles. The van der Waals surface area contributed by atoms with Gasteiger partial charge in [-0.15, -0.1) is 0 Å². The highest BCUT2D eigenvalue weighted by molar-refractivity contribution is 5.93. The third kappa shape index (κ3) is 4.66. The quantitative estimate of drug-likeness (QED) is 0.590. The minimum atomic E-state index is -0.628. The van der Waals surface area contributed by atoms with Crippen LogP contribution in [-0.2, 0) is 16.6 Å². The summed E-state index contributed by atoms with van der Waals surface area (Å²) in [6.45, 7) is 4.82. The highest BCUT2D eigenvalue weighted by Gasteiger charge is 2.22. The van der Waals surface area contributed by atoms with Gasteiger partial charge in [0, 0.05) is 19.7 Å². The fourth-order valence-electron chi connectivity index (χ4n) is 3.57. The maximum Gasteiger partial charge on any atom is 0.340 e. The number of carbonyl (C=O) groups is 2. The number of hydrogen-bond donors (Lipinski definition) is 1. The third-order valence-corrected chi connectivity index (χ3v) is 5.24. The lowest BCUT2D eigenvalue weighted by Gasteiger charge is -2.23. The molecule has 3 heterocycles. The maximum absolute atomic E-state index is 12.6. The van der Waals surface area contributed by atoms with Crippen LogP contribution in [0.1, 0.15) is 42.2 Å². The number of esters is 1. The molecule has 168 valence electrons. The number of pyridine rings is 1. The normalized spacial score (nSPS) is 14.1. The van der Waals surface area contributed by atoms with E-state index in [0.717, 1.165) is 12.0 Å². The molecule has 1 unspecified atom stereocenters. The molecule has 1 N–H and O–H groups in total. The average Bonchev–Trinajstić information content (AvgIpc) is 3.00. The first-order valence-corrected chi connectivity index (χ1v) is 10.6. The number of amides is 1. The Morgan fingerprint density at radius 2 is 1.94 bits per heavy atom. The summed E-state index contributed by atoms with van der Waals surface area (Å²) in [6, 6.07) is 6.99. The van der Waals surface area contributed by atoms with Gasteiger partial charge >= 0.3 is 5.97 Å². The van der Waals surface area contributed by atoms with E-state index in [4.69, 9.17) is 14.2 Å². The van der Waals surface area contributed by atoms with Gasteiger partial charge in [-0.05, 0) is 29.7 Å². The number of nitrogens with zero attached hydrogens (tertiary/aromatic N) is 3. The number of aryl methyl sites for hydroxylation is 1. The molecule has 1 aliphatic rings. The van der Waals surface area contributed by atoms with Crippen molar-refractivity contribution < 1.29 is 23.8 Å². The fourth-order valence-corrected chi connectivity index (χ4v) is 3.57. The van der Waals surface area contributed by atoms with Crippen molar-refractivity contribution in [1.29, 1.82) is 0 Å². The van der Waals surface area contributed by atoms with Crippen LogP contribution in [0, 0.1) is 5.92 Å². The summed E-state index contributed by atoms with van der Waals surface area (Å²) in [4.78, 5) is 33.3. The monoisotopic (exact) mass is 438 g/mol. The summed E-state index contributed by atoms with van der Waals surface area (Å²) in [5, 5.41) is 2.95. The summed E-state index contributed by atoms with van der Waals surface area (Å²) in [5.41, 5.74) is 2.39. The maximum atomic E-state index is 12.6. The number of carbonyl (C=O) groups excluding carboxylic acids is 2. The standard InChI is InChI=1S/C23H26N4O5/c1-14(2)21(15-5-6-18-19(10-15)31-8-4-7-30-18)26-20(28)12-32-23(29)16-9-17-22(24-11-16)27(3)13-25-17/h5-6,9-11,13-14,21H,4,7-8,12H2,1-3H3,(H,26,28). The van der Waals surface area contributed by atoms with Crippen LogP contribution in [0.15, 0.2) is 36.8 Å². The number of imidazole rings is 1. The predicted molar refractivity (Wildman–Crippen MR) is 117 cm³/mol. The van der Waals surface area contributed by atoms with E-state index in [2.05, 4.69) is 15.3 Å². The van der Waals surface area contributed by atoms with Crippen LogP contribution in [0.5, 0.6) is 11.5 Å². The fraction of sp³-hybridized carbons (Fsp3) is 0.391. The molecule has 2 aromatic heterocycles. The van der Waals surface area contributed by atoms with Crippen molar-refractivity contribution in [3.8, 4) is 11.5 Å². The van der Waals surface area contributed by atoms with Crippen LogP contribution in [0.3, 0.4) is 0 Å². The molecular weight excluding hydrogens is 412 g/mol. The van der Waals surface area contributed by atoms with E-state index in [9.17, 15) is 9.59 Å². The van der Waals surface area contributed by atoms with Crippen LogP contribution in [0.25, 0.3) is 11.2 Å². The topological polar surface area (TPSA) is 105 Å². The zero-order valence-electron chi connectivity index (χ0n) is 18.3. The molecular formula is C23H26N4O5. The zero-order valence-corrected chi connectivity index (χ0v) is 18.3. The SMILES string of the molecule is CC(C)C(NC(=O)COC(=O)c1cnc2c(c1)ncn2C)c1ccc2c(c1)OCCCO2. The number of rotatable bonds is 6. The van der Waals surface area contributed by atoms with Gasteiger partial charge in [-0.1, -0.05) is 19.9 Å². The van der Waals surface area contributed by atoms with E-state index in [1.807, 2.05) is 39.1 Å². The second kappa shape index (κ2) is 9.25. The summed E-state index contributed by atoms with van der Waals surface area (Å²) in [5.74, 6) is 0.458. The Morgan fingerprint density at radius 3 is 2.72 bits per heavy atom. The minimum Gasteiger partial charge on any atom is -0.490 e. The lowest BCUT2D eigenvalue weighted by molar-refractivity contribution is -0.125. The van der Waals surface area contributed by atoms with E-state index in [-0.39, 0.29) is 17.5 Å². The predicted octanol–water partition coefficient (Wildman–Crippen LogP) is 2.80. The van der Waals surface area contributed by atoms with E-state index in [1.165, 1.54) is 6.20 Å². The van der Waals surface area contributed by atoms with E-state index in [1.54, 1.807) is 17.0 Å². The molecule has 0 radical (unpaired) electrons. The molecule has 3 aromatic rings. The first kappa shape index (κ1) is 21.6. The van der Waals surface area contributed by atoms with Crippen molar-refractivity contribution in [3.05, 3.63) is 47.9 Å². The molecule has 0 spiro atoms. The Balaban J connectivity index is 1.39.